The number of likely N-dealkylation sites (tertiary alicyclic amines) is 1. The fraction of sp³-hybridized carbons (Fsp3) is 0.524. The van der Waals surface area contributed by atoms with Crippen molar-refractivity contribution in [2.24, 2.45) is 5.92 Å². The minimum absolute atomic E-state index is 0.0501. The highest BCUT2D eigenvalue weighted by atomic mass is 16.2. The Bertz CT molecular complexity index is 710. The van der Waals surface area contributed by atoms with E-state index in [-0.39, 0.29) is 5.91 Å². The van der Waals surface area contributed by atoms with Crippen LogP contribution in [0.15, 0.2) is 36.4 Å². The summed E-state index contributed by atoms with van der Waals surface area (Å²) in [5, 5.41) is 7.27. The molecule has 5 nitrogen and oxygen atoms in total. The van der Waals surface area contributed by atoms with Crippen molar-refractivity contribution in [2.75, 3.05) is 20.1 Å². The molecule has 2 aromatic rings. The van der Waals surface area contributed by atoms with E-state index in [0.717, 1.165) is 44.6 Å². The fourth-order valence-electron chi connectivity index (χ4n) is 3.68. The smallest absolute Gasteiger partial charge is 0.274 e. The average Bonchev–Trinajstić information content (AvgIpc) is 3.09. The summed E-state index contributed by atoms with van der Waals surface area (Å²) in [5.41, 5.74) is 2.90. The number of benzene rings is 1. The minimum Gasteiger partial charge on any atom is -0.336 e. The zero-order valence-corrected chi connectivity index (χ0v) is 16.1. The lowest BCUT2D eigenvalue weighted by Crippen LogP contribution is -2.48. The standard InChI is InChI=1S/C21H30N4O/c1-16(2)12-18-13-20(23-22-18)21(26)25-11-7-10-19(15-25)24(3)14-17-8-5-4-6-9-17/h4-6,8-9,13,16,19H,7,10-12,14-15H2,1-3H3,(H,22,23). The summed E-state index contributed by atoms with van der Waals surface area (Å²) in [7, 11) is 2.15. The first-order chi connectivity index (χ1) is 12.5. The number of carbonyl (C=O) groups is 1. The molecule has 5 heteroatoms. The highest BCUT2D eigenvalue weighted by Gasteiger charge is 2.28. The van der Waals surface area contributed by atoms with Crippen LogP contribution in [0.3, 0.4) is 0 Å². The second-order valence-corrected chi connectivity index (χ2v) is 7.82. The van der Waals surface area contributed by atoms with Crippen molar-refractivity contribution in [3.05, 3.63) is 53.3 Å². The van der Waals surface area contributed by atoms with Gasteiger partial charge in [-0.1, -0.05) is 44.2 Å². The largest absolute Gasteiger partial charge is 0.336 e. The number of carbonyl (C=O) groups excluding carboxylic acids is 1. The van der Waals surface area contributed by atoms with Gasteiger partial charge in [-0.3, -0.25) is 14.8 Å². The maximum Gasteiger partial charge on any atom is 0.274 e. The zero-order chi connectivity index (χ0) is 18.5. The molecule has 0 spiro atoms. The Labute approximate surface area is 156 Å². The number of rotatable bonds is 6. The lowest BCUT2D eigenvalue weighted by atomic mass is 10.0. The van der Waals surface area contributed by atoms with E-state index in [1.807, 2.05) is 17.0 Å². The molecule has 0 bridgehead atoms. The molecule has 1 aliphatic rings. The first kappa shape index (κ1) is 18.6. The molecule has 0 aliphatic carbocycles. The third kappa shape index (κ3) is 4.73. The van der Waals surface area contributed by atoms with E-state index in [1.165, 1.54) is 5.56 Å². The number of hydrogen-bond acceptors (Lipinski definition) is 3. The Morgan fingerprint density at radius 3 is 2.85 bits per heavy atom. The Morgan fingerprint density at radius 2 is 2.12 bits per heavy atom. The summed E-state index contributed by atoms with van der Waals surface area (Å²) >= 11 is 0. The molecule has 1 N–H and O–H groups in total. The number of nitrogens with one attached hydrogen (secondary N) is 1. The number of likely N-dealkylation sites (N-methyl/N-ethyl adjacent to an activating group) is 1. The predicted molar refractivity (Wildman–Crippen MR) is 104 cm³/mol. The van der Waals surface area contributed by atoms with Crippen molar-refractivity contribution in [1.29, 1.82) is 0 Å². The fourth-order valence-corrected chi connectivity index (χ4v) is 3.68. The summed E-state index contributed by atoms with van der Waals surface area (Å²) < 4.78 is 0. The van der Waals surface area contributed by atoms with Crippen LogP contribution in [0.5, 0.6) is 0 Å². The van der Waals surface area contributed by atoms with E-state index in [2.05, 4.69) is 60.3 Å². The van der Waals surface area contributed by atoms with Gasteiger partial charge in [-0.2, -0.15) is 5.10 Å². The van der Waals surface area contributed by atoms with Gasteiger partial charge in [0.25, 0.3) is 5.91 Å². The number of piperidine rings is 1. The van der Waals surface area contributed by atoms with Crippen LogP contribution in [-0.2, 0) is 13.0 Å². The number of aromatic nitrogens is 2. The summed E-state index contributed by atoms with van der Waals surface area (Å²) in [5.74, 6) is 0.596. The van der Waals surface area contributed by atoms with Crippen molar-refractivity contribution in [3.8, 4) is 0 Å². The molecular weight excluding hydrogens is 324 g/mol. The summed E-state index contributed by atoms with van der Waals surface area (Å²) in [6.07, 6.45) is 3.09. The molecule has 0 saturated carbocycles. The molecule has 140 valence electrons. The minimum atomic E-state index is 0.0501. The second kappa shape index (κ2) is 8.49. The van der Waals surface area contributed by atoms with Crippen LogP contribution in [0.1, 0.15) is 48.4 Å². The van der Waals surface area contributed by atoms with Gasteiger partial charge in [-0.15, -0.1) is 0 Å². The Balaban J connectivity index is 1.60. The van der Waals surface area contributed by atoms with Gasteiger partial charge in [-0.25, -0.2) is 0 Å². The topological polar surface area (TPSA) is 52.2 Å². The van der Waals surface area contributed by atoms with Crippen LogP contribution in [0.4, 0.5) is 0 Å². The SMILES string of the molecule is CC(C)Cc1cc(C(=O)N2CCCC(N(C)Cc3ccccc3)C2)n[nH]1. The highest BCUT2D eigenvalue weighted by Crippen LogP contribution is 2.19. The van der Waals surface area contributed by atoms with E-state index in [1.54, 1.807) is 0 Å². The van der Waals surface area contributed by atoms with Gasteiger partial charge in [0.05, 0.1) is 0 Å². The molecule has 1 atom stereocenters. The maximum atomic E-state index is 12.9. The van der Waals surface area contributed by atoms with Crippen molar-refractivity contribution in [1.82, 2.24) is 20.0 Å². The highest BCUT2D eigenvalue weighted by molar-refractivity contribution is 5.92. The molecule has 1 amide bonds. The Hall–Kier alpha value is -2.14. The predicted octanol–water partition coefficient (Wildman–Crippen LogP) is 3.34. The van der Waals surface area contributed by atoms with Crippen LogP contribution in [0.25, 0.3) is 0 Å². The Kier molecular flexibility index (Phi) is 6.09. The van der Waals surface area contributed by atoms with E-state index < -0.39 is 0 Å². The van der Waals surface area contributed by atoms with E-state index in [9.17, 15) is 4.79 Å². The Morgan fingerprint density at radius 1 is 1.35 bits per heavy atom. The lowest BCUT2D eigenvalue weighted by Gasteiger charge is -2.37. The second-order valence-electron chi connectivity index (χ2n) is 7.82. The summed E-state index contributed by atoms with van der Waals surface area (Å²) in [6.45, 7) is 6.84. The van der Waals surface area contributed by atoms with E-state index in [4.69, 9.17) is 0 Å². The van der Waals surface area contributed by atoms with Crippen LogP contribution >= 0.6 is 0 Å². The van der Waals surface area contributed by atoms with E-state index in [0.29, 0.717) is 17.7 Å². The van der Waals surface area contributed by atoms with Gasteiger partial charge in [0.2, 0.25) is 0 Å². The maximum absolute atomic E-state index is 12.9. The summed E-state index contributed by atoms with van der Waals surface area (Å²) in [4.78, 5) is 17.2. The molecule has 3 rings (SSSR count). The van der Waals surface area contributed by atoms with E-state index >= 15 is 0 Å². The normalized spacial score (nSPS) is 17.9. The van der Waals surface area contributed by atoms with Gasteiger partial charge >= 0.3 is 0 Å². The van der Waals surface area contributed by atoms with Crippen molar-refractivity contribution >= 4 is 5.91 Å². The first-order valence-electron chi connectivity index (χ1n) is 9.60. The molecule has 1 fully saturated rings. The molecule has 1 unspecified atom stereocenters. The number of aromatic amines is 1. The van der Waals surface area contributed by atoms with Crippen LogP contribution in [0.2, 0.25) is 0 Å². The van der Waals surface area contributed by atoms with Crippen LogP contribution in [-0.4, -0.2) is 52.1 Å². The number of hydrogen-bond donors (Lipinski definition) is 1. The lowest BCUT2D eigenvalue weighted by molar-refractivity contribution is 0.0596. The molecule has 26 heavy (non-hydrogen) atoms. The molecule has 1 aliphatic heterocycles. The van der Waals surface area contributed by atoms with Gasteiger partial charge in [0.15, 0.2) is 0 Å². The van der Waals surface area contributed by atoms with Crippen LogP contribution < -0.4 is 0 Å². The van der Waals surface area contributed by atoms with Crippen molar-refractivity contribution in [3.63, 3.8) is 0 Å². The van der Waals surface area contributed by atoms with Gasteiger partial charge in [0, 0.05) is 31.4 Å². The van der Waals surface area contributed by atoms with Gasteiger partial charge < -0.3 is 4.90 Å². The van der Waals surface area contributed by atoms with Gasteiger partial charge in [-0.05, 0) is 43.9 Å². The number of H-pyrrole nitrogens is 1. The number of amides is 1. The zero-order valence-electron chi connectivity index (χ0n) is 16.1. The molecule has 1 saturated heterocycles. The first-order valence-corrected chi connectivity index (χ1v) is 9.60. The number of nitrogens with zero attached hydrogens (tertiary/aromatic N) is 3. The molecule has 1 aromatic carbocycles. The molecule has 1 aromatic heterocycles. The van der Waals surface area contributed by atoms with Gasteiger partial charge in [0.1, 0.15) is 5.69 Å². The third-order valence-corrected chi connectivity index (χ3v) is 5.06. The van der Waals surface area contributed by atoms with Crippen molar-refractivity contribution < 1.29 is 4.79 Å². The third-order valence-electron chi connectivity index (χ3n) is 5.06. The quantitative estimate of drug-likeness (QED) is 0.865. The average molecular weight is 354 g/mol. The monoisotopic (exact) mass is 354 g/mol. The molecular formula is C21H30N4O. The molecule has 2 heterocycles. The summed E-state index contributed by atoms with van der Waals surface area (Å²) in [6, 6.07) is 12.8. The van der Waals surface area contributed by atoms with Crippen molar-refractivity contribution in [2.45, 2.75) is 45.7 Å². The molecule has 0 radical (unpaired) electrons. The van der Waals surface area contributed by atoms with Crippen LogP contribution in [0, 0.1) is 5.92 Å².